The predicted octanol–water partition coefficient (Wildman–Crippen LogP) is -0.984. The van der Waals surface area contributed by atoms with Gasteiger partial charge in [0.25, 0.3) is 0 Å². The second-order valence-electron chi connectivity index (χ2n) is 2.64. The molecule has 0 aliphatic heterocycles. The van der Waals surface area contributed by atoms with E-state index in [1.54, 1.807) is 0 Å². The smallest absolute Gasteiger partial charge is 0.305 e. The number of hydrogen-bond acceptors (Lipinski definition) is 4. The molecule has 0 spiro atoms. The third-order valence-corrected chi connectivity index (χ3v) is 1.59. The fourth-order valence-electron chi connectivity index (χ4n) is 0.776. The van der Waals surface area contributed by atoms with Crippen LogP contribution in [0.2, 0.25) is 0 Å². The Bertz CT molecular complexity index is 245. The third-order valence-electron chi connectivity index (χ3n) is 1.59. The summed E-state index contributed by atoms with van der Waals surface area (Å²) in [5.41, 5.74) is 5.47. The van der Waals surface area contributed by atoms with Gasteiger partial charge >= 0.3 is 5.97 Å². The molecule has 0 aliphatic rings. The van der Waals surface area contributed by atoms with E-state index in [9.17, 15) is 9.59 Å². The molecule has 0 rings (SSSR count). The van der Waals surface area contributed by atoms with Crippen LogP contribution in [-0.4, -0.2) is 31.6 Å². The minimum atomic E-state index is -0.720. The van der Waals surface area contributed by atoms with Crippen molar-refractivity contribution in [3.05, 3.63) is 0 Å². The van der Waals surface area contributed by atoms with Crippen LogP contribution in [0.1, 0.15) is 12.8 Å². The zero-order valence-corrected chi connectivity index (χ0v) is 8.08. The van der Waals surface area contributed by atoms with Crippen LogP contribution in [0.4, 0.5) is 0 Å². The zero-order chi connectivity index (χ0) is 11.0. The number of nitrogens with one attached hydrogen (secondary N) is 1. The average molecular weight is 198 g/mol. The third kappa shape index (κ3) is 5.17. The van der Waals surface area contributed by atoms with Gasteiger partial charge in [-0.2, -0.15) is 0 Å². The van der Waals surface area contributed by atoms with E-state index < -0.39 is 6.04 Å². The first kappa shape index (κ1) is 12.5. The molecule has 0 saturated carbocycles. The minimum Gasteiger partial charge on any atom is -0.469 e. The summed E-state index contributed by atoms with van der Waals surface area (Å²) in [6, 6.07) is -0.720. The molecule has 0 unspecified atom stereocenters. The summed E-state index contributed by atoms with van der Waals surface area (Å²) in [5, 5.41) is 2.42. The maximum absolute atomic E-state index is 11.1. The number of ether oxygens (including phenoxy) is 1. The lowest BCUT2D eigenvalue weighted by Gasteiger charge is -2.09. The molecule has 0 aromatic rings. The molecule has 78 valence electrons. The Morgan fingerprint density at radius 1 is 1.64 bits per heavy atom. The van der Waals surface area contributed by atoms with Crippen molar-refractivity contribution in [2.24, 2.45) is 5.73 Å². The van der Waals surface area contributed by atoms with Crippen LogP contribution in [0.15, 0.2) is 0 Å². The first-order chi connectivity index (χ1) is 6.61. The molecule has 0 saturated heterocycles. The summed E-state index contributed by atoms with van der Waals surface area (Å²) in [4.78, 5) is 21.8. The van der Waals surface area contributed by atoms with Crippen LogP contribution in [0.5, 0.6) is 0 Å². The highest BCUT2D eigenvalue weighted by molar-refractivity contribution is 5.82. The highest BCUT2D eigenvalue weighted by atomic mass is 16.5. The van der Waals surface area contributed by atoms with Gasteiger partial charge in [0.05, 0.1) is 19.7 Å². The second kappa shape index (κ2) is 6.92. The van der Waals surface area contributed by atoms with Crippen LogP contribution < -0.4 is 11.1 Å². The highest BCUT2D eigenvalue weighted by Crippen LogP contribution is 1.96. The molecule has 5 nitrogen and oxygen atoms in total. The number of terminal acetylenes is 1. The van der Waals surface area contributed by atoms with Gasteiger partial charge in [-0.3, -0.25) is 9.59 Å². The first-order valence-electron chi connectivity index (χ1n) is 4.15. The van der Waals surface area contributed by atoms with E-state index in [0.29, 0.717) is 0 Å². The van der Waals surface area contributed by atoms with Crippen LogP contribution in [0.25, 0.3) is 0 Å². The number of esters is 1. The summed E-state index contributed by atoms with van der Waals surface area (Å²) >= 11 is 0. The van der Waals surface area contributed by atoms with E-state index in [4.69, 9.17) is 12.2 Å². The Kier molecular flexibility index (Phi) is 6.16. The lowest BCUT2D eigenvalue weighted by Crippen LogP contribution is -2.40. The lowest BCUT2D eigenvalue weighted by atomic mass is 10.1. The summed E-state index contributed by atoms with van der Waals surface area (Å²) < 4.78 is 4.40. The molecule has 1 atom stereocenters. The Labute approximate surface area is 83.0 Å². The second-order valence-corrected chi connectivity index (χ2v) is 2.64. The van der Waals surface area contributed by atoms with E-state index >= 15 is 0 Å². The van der Waals surface area contributed by atoms with Gasteiger partial charge in [-0.25, -0.2) is 0 Å². The Morgan fingerprint density at radius 3 is 2.79 bits per heavy atom. The average Bonchev–Trinajstić information content (AvgIpc) is 2.21. The lowest BCUT2D eigenvalue weighted by molar-refractivity contribution is -0.140. The molecule has 3 N–H and O–H groups in total. The number of carbonyl (C=O) groups excluding carboxylic acids is 2. The SMILES string of the molecule is C#CCNC(=O)[C@H](N)CCC(=O)OC. The Morgan fingerprint density at radius 2 is 2.29 bits per heavy atom. The molecular formula is C9H14N2O3. The molecule has 0 aromatic heterocycles. The van der Waals surface area contributed by atoms with Gasteiger partial charge in [-0.15, -0.1) is 6.42 Å². The van der Waals surface area contributed by atoms with Crippen molar-refractivity contribution in [2.75, 3.05) is 13.7 Å². The van der Waals surface area contributed by atoms with E-state index in [-0.39, 0.29) is 31.3 Å². The molecule has 0 aromatic carbocycles. The molecule has 14 heavy (non-hydrogen) atoms. The predicted molar refractivity (Wildman–Crippen MR) is 51.1 cm³/mol. The minimum absolute atomic E-state index is 0.126. The molecule has 0 bridgehead atoms. The Hall–Kier alpha value is -1.54. The number of nitrogens with two attached hydrogens (primary N) is 1. The molecule has 1 amide bonds. The zero-order valence-electron chi connectivity index (χ0n) is 8.08. The standard InChI is InChI=1S/C9H14N2O3/c1-3-6-11-9(13)7(10)4-5-8(12)14-2/h1,7H,4-6,10H2,2H3,(H,11,13)/t7-/m1/s1. The van der Waals surface area contributed by atoms with Gasteiger partial charge in [0.2, 0.25) is 5.91 Å². The quantitative estimate of drug-likeness (QED) is 0.439. The Balaban J connectivity index is 3.73. The van der Waals surface area contributed by atoms with Crippen molar-refractivity contribution in [1.29, 1.82) is 0 Å². The van der Waals surface area contributed by atoms with Gasteiger partial charge in [0, 0.05) is 6.42 Å². The van der Waals surface area contributed by atoms with Crippen molar-refractivity contribution >= 4 is 11.9 Å². The van der Waals surface area contributed by atoms with Crippen LogP contribution in [0, 0.1) is 12.3 Å². The molecule has 0 aliphatic carbocycles. The van der Waals surface area contributed by atoms with Crippen LogP contribution in [-0.2, 0) is 14.3 Å². The number of carbonyl (C=O) groups is 2. The fourth-order valence-corrected chi connectivity index (χ4v) is 0.776. The van der Waals surface area contributed by atoms with Gasteiger partial charge in [-0.05, 0) is 6.42 Å². The van der Waals surface area contributed by atoms with E-state index in [1.807, 2.05) is 0 Å². The molecular weight excluding hydrogens is 184 g/mol. The van der Waals surface area contributed by atoms with Crippen molar-refractivity contribution in [3.8, 4) is 12.3 Å². The van der Waals surface area contributed by atoms with E-state index in [2.05, 4.69) is 16.0 Å². The van der Waals surface area contributed by atoms with E-state index in [0.717, 1.165) is 0 Å². The van der Waals surface area contributed by atoms with Crippen molar-refractivity contribution in [2.45, 2.75) is 18.9 Å². The van der Waals surface area contributed by atoms with Crippen LogP contribution in [0.3, 0.4) is 0 Å². The number of methoxy groups -OCH3 is 1. The van der Waals surface area contributed by atoms with Gasteiger partial charge in [0.15, 0.2) is 0 Å². The largest absolute Gasteiger partial charge is 0.469 e. The number of rotatable bonds is 5. The first-order valence-corrected chi connectivity index (χ1v) is 4.15. The monoisotopic (exact) mass is 198 g/mol. The highest BCUT2D eigenvalue weighted by Gasteiger charge is 2.14. The van der Waals surface area contributed by atoms with Gasteiger partial charge in [0.1, 0.15) is 0 Å². The van der Waals surface area contributed by atoms with Crippen molar-refractivity contribution < 1.29 is 14.3 Å². The van der Waals surface area contributed by atoms with Crippen LogP contribution >= 0.6 is 0 Å². The number of amides is 1. The summed E-state index contributed by atoms with van der Waals surface area (Å²) in [6.07, 6.45) is 5.32. The summed E-state index contributed by atoms with van der Waals surface area (Å²) in [5.74, 6) is 1.51. The molecule has 0 radical (unpaired) electrons. The maximum atomic E-state index is 11.1. The fraction of sp³-hybridized carbons (Fsp3) is 0.556. The summed E-state index contributed by atoms with van der Waals surface area (Å²) in [6.45, 7) is 0.144. The molecule has 0 heterocycles. The summed E-state index contributed by atoms with van der Waals surface area (Å²) in [7, 11) is 1.28. The van der Waals surface area contributed by atoms with Crippen molar-refractivity contribution in [1.82, 2.24) is 5.32 Å². The number of hydrogen-bond donors (Lipinski definition) is 2. The molecule has 5 heteroatoms. The van der Waals surface area contributed by atoms with Gasteiger partial charge in [-0.1, -0.05) is 5.92 Å². The topological polar surface area (TPSA) is 81.4 Å². The molecule has 0 fully saturated rings. The maximum Gasteiger partial charge on any atom is 0.305 e. The normalized spacial score (nSPS) is 11.2. The van der Waals surface area contributed by atoms with Crippen molar-refractivity contribution in [3.63, 3.8) is 0 Å². The van der Waals surface area contributed by atoms with E-state index in [1.165, 1.54) is 7.11 Å². The van der Waals surface area contributed by atoms with Gasteiger partial charge < -0.3 is 15.8 Å².